The number of benzene rings is 2. The van der Waals surface area contributed by atoms with Crippen molar-refractivity contribution in [3.63, 3.8) is 0 Å². The van der Waals surface area contributed by atoms with Gasteiger partial charge >= 0.3 is 0 Å². The van der Waals surface area contributed by atoms with E-state index in [-0.39, 0.29) is 16.3 Å². The lowest BCUT2D eigenvalue weighted by molar-refractivity contribution is -0.109. The van der Waals surface area contributed by atoms with E-state index < -0.39 is 6.04 Å². The molecule has 4 rings (SSSR count). The zero-order chi connectivity index (χ0) is 25.3. The Morgan fingerprint density at radius 3 is 2.39 bits per heavy atom. The summed E-state index contributed by atoms with van der Waals surface area (Å²) in [5.74, 6) is 3.80. The lowest BCUT2D eigenvalue weighted by Crippen LogP contribution is -2.47. The van der Waals surface area contributed by atoms with Gasteiger partial charge in [-0.1, -0.05) is 36.4 Å². The molecule has 1 saturated heterocycles. The SMILES string of the molecule is O=C=c1ccc(CN2CCN(c3ncccc3C(=O)NC(C=O)Cc3ccccc3)CC2)cc1=C=O. The molecule has 8 nitrogen and oxygen atoms in total. The van der Waals surface area contributed by atoms with Gasteiger partial charge in [0, 0.05) is 38.9 Å². The Morgan fingerprint density at radius 1 is 0.944 bits per heavy atom. The average Bonchev–Trinajstić information content (AvgIpc) is 2.93. The number of hydrogen-bond acceptors (Lipinski definition) is 7. The van der Waals surface area contributed by atoms with Gasteiger partial charge < -0.3 is 15.0 Å². The fourth-order valence-corrected chi connectivity index (χ4v) is 4.31. The standard InChI is InChI=1S/C28H26N4O4/c33-18-23-9-8-22(15-24(23)19-34)17-31-11-13-32(14-12-31)27-26(7-4-10-29-27)28(36)30-25(20-35)16-21-5-2-1-3-6-21/h1-10,15,20,25H,11-14,16-17H2,(H,30,36). The van der Waals surface area contributed by atoms with Crippen molar-refractivity contribution in [2.45, 2.75) is 19.0 Å². The van der Waals surface area contributed by atoms with Crippen LogP contribution >= 0.6 is 0 Å². The molecule has 36 heavy (non-hydrogen) atoms. The fraction of sp³-hybridized carbons (Fsp3) is 0.250. The maximum Gasteiger partial charge on any atom is 0.255 e. The molecular formula is C28H26N4O4. The van der Waals surface area contributed by atoms with Crippen molar-refractivity contribution in [3.05, 3.63) is 94.0 Å². The summed E-state index contributed by atoms with van der Waals surface area (Å²) in [6.07, 6.45) is 2.83. The van der Waals surface area contributed by atoms with E-state index in [1.165, 1.54) is 0 Å². The van der Waals surface area contributed by atoms with Crippen LogP contribution in [0.25, 0.3) is 0 Å². The number of anilines is 1. The van der Waals surface area contributed by atoms with Crippen molar-refractivity contribution in [2.24, 2.45) is 0 Å². The number of nitrogens with zero attached hydrogens (tertiary/aromatic N) is 3. The van der Waals surface area contributed by atoms with Crippen LogP contribution in [-0.2, 0) is 27.3 Å². The van der Waals surface area contributed by atoms with Gasteiger partial charge in [0.15, 0.2) is 0 Å². The maximum atomic E-state index is 13.1. The molecule has 1 amide bonds. The van der Waals surface area contributed by atoms with E-state index in [4.69, 9.17) is 0 Å². The number of hydrogen-bond donors (Lipinski definition) is 1. The predicted octanol–water partition coefficient (Wildman–Crippen LogP) is -0.0498. The van der Waals surface area contributed by atoms with Gasteiger partial charge in [0.2, 0.25) is 0 Å². The third-order valence-corrected chi connectivity index (χ3v) is 6.19. The Labute approximate surface area is 208 Å². The number of carbonyl (C=O) groups excluding carboxylic acids is 4. The van der Waals surface area contributed by atoms with Crippen LogP contribution in [0, 0.1) is 0 Å². The van der Waals surface area contributed by atoms with Crippen LogP contribution in [0.5, 0.6) is 0 Å². The van der Waals surface area contributed by atoms with E-state index >= 15 is 0 Å². The van der Waals surface area contributed by atoms with Gasteiger partial charge in [-0.05, 0) is 41.8 Å². The van der Waals surface area contributed by atoms with Crippen molar-refractivity contribution in [1.29, 1.82) is 0 Å². The molecule has 2 aromatic carbocycles. The summed E-state index contributed by atoms with van der Waals surface area (Å²) < 4.78 is 0. The zero-order valence-electron chi connectivity index (χ0n) is 19.7. The van der Waals surface area contributed by atoms with Gasteiger partial charge in [-0.15, -0.1) is 0 Å². The summed E-state index contributed by atoms with van der Waals surface area (Å²) in [4.78, 5) is 55.5. The van der Waals surface area contributed by atoms with Crippen LogP contribution in [0.1, 0.15) is 21.5 Å². The average molecular weight is 483 g/mol. The maximum absolute atomic E-state index is 13.1. The highest BCUT2D eigenvalue weighted by atomic mass is 16.2. The van der Waals surface area contributed by atoms with E-state index in [0.717, 1.165) is 30.5 Å². The first-order valence-electron chi connectivity index (χ1n) is 11.7. The molecule has 0 aliphatic carbocycles. The van der Waals surface area contributed by atoms with E-state index in [2.05, 4.69) is 20.1 Å². The molecule has 1 aliphatic rings. The molecule has 1 unspecified atom stereocenters. The molecule has 1 aromatic heterocycles. The number of carbonyl (C=O) groups is 2. The van der Waals surface area contributed by atoms with Crippen LogP contribution < -0.4 is 20.7 Å². The molecule has 0 bridgehead atoms. The molecule has 0 saturated carbocycles. The predicted molar refractivity (Wildman–Crippen MR) is 134 cm³/mol. The van der Waals surface area contributed by atoms with Crippen molar-refractivity contribution in [1.82, 2.24) is 15.2 Å². The Morgan fingerprint density at radius 2 is 1.69 bits per heavy atom. The minimum Gasteiger partial charge on any atom is -0.353 e. The molecule has 1 aliphatic heterocycles. The molecule has 2 heterocycles. The third-order valence-electron chi connectivity index (χ3n) is 6.19. The summed E-state index contributed by atoms with van der Waals surface area (Å²) in [5, 5.41) is 3.25. The Hall–Kier alpha value is -4.35. The van der Waals surface area contributed by atoms with Crippen LogP contribution in [0.3, 0.4) is 0 Å². The van der Waals surface area contributed by atoms with E-state index in [9.17, 15) is 19.2 Å². The fourth-order valence-electron chi connectivity index (χ4n) is 4.31. The first-order valence-corrected chi connectivity index (χ1v) is 11.7. The third kappa shape index (κ3) is 6.01. The zero-order valence-corrected chi connectivity index (χ0v) is 19.7. The summed E-state index contributed by atoms with van der Waals surface area (Å²) in [6, 6.07) is 17.4. The van der Waals surface area contributed by atoms with Gasteiger partial charge in [0.25, 0.3) is 5.91 Å². The monoisotopic (exact) mass is 482 g/mol. The second kappa shape index (κ2) is 11.9. The topological polar surface area (TPSA) is 99.7 Å². The Bertz CT molecular complexity index is 1390. The molecule has 0 radical (unpaired) electrons. The number of piperazine rings is 1. The first kappa shape index (κ1) is 24.8. The van der Waals surface area contributed by atoms with E-state index in [0.29, 0.717) is 37.4 Å². The minimum absolute atomic E-state index is 0.208. The summed E-state index contributed by atoms with van der Waals surface area (Å²) in [7, 11) is 0. The van der Waals surface area contributed by atoms with Crippen LogP contribution in [0.4, 0.5) is 5.82 Å². The van der Waals surface area contributed by atoms with Crippen LogP contribution in [0.15, 0.2) is 66.9 Å². The summed E-state index contributed by atoms with van der Waals surface area (Å²) in [5.41, 5.74) is 2.31. The summed E-state index contributed by atoms with van der Waals surface area (Å²) in [6.45, 7) is 3.39. The smallest absolute Gasteiger partial charge is 0.255 e. The number of pyridine rings is 1. The molecule has 0 spiro atoms. The molecule has 1 N–H and O–H groups in total. The quantitative estimate of drug-likeness (QED) is 0.450. The van der Waals surface area contributed by atoms with Gasteiger partial charge in [-0.25, -0.2) is 14.6 Å². The molecule has 3 aromatic rings. The van der Waals surface area contributed by atoms with E-state index in [1.807, 2.05) is 36.4 Å². The van der Waals surface area contributed by atoms with Gasteiger partial charge in [0.05, 0.1) is 22.0 Å². The molecular weight excluding hydrogens is 456 g/mol. The molecule has 182 valence electrons. The Kier molecular flexibility index (Phi) is 8.16. The van der Waals surface area contributed by atoms with Crippen LogP contribution in [-0.4, -0.2) is 66.2 Å². The molecule has 8 heteroatoms. The largest absolute Gasteiger partial charge is 0.353 e. The van der Waals surface area contributed by atoms with Crippen molar-refractivity contribution < 1.29 is 19.2 Å². The van der Waals surface area contributed by atoms with Gasteiger partial charge in [0.1, 0.15) is 24.0 Å². The second-order valence-corrected chi connectivity index (χ2v) is 8.63. The number of aromatic nitrogens is 1. The number of nitrogens with one attached hydrogen (secondary N) is 1. The van der Waals surface area contributed by atoms with Crippen molar-refractivity contribution >= 4 is 29.9 Å². The van der Waals surface area contributed by atoms with Gasteiger partial charge in [-0.3, -0.25) is 9.69 Å². The first-order chi connectivity index (χ1) is 17.6. The highest BCUT2D eigenvalue weighted by molar-refractivity contribution is 6.00. The lowest BCUT2D eigenvalue weighted by Gasteiger charge is -2.36. The second-order valence-electron chi connectivity index (χ2n) is 8.63. The van der Waals surface area contributed by atoms with Gasteiger partial charge in [-0.2, -0.15) is 0 Å². The lowest BCUT2D eigenvalue weighted by atomic mass is 10.1. The van der Waals surface area contributed by atoms with Crippen molar-refractivity contribution in [3.8, 4) is 0 Å². The van der Waals surface area contributed by atoms with Crippen molar-refractivity contribution in [2.75, 3.05) is 31.1 Å². The normalized spacial score (nSPS) is 14.4. The number of amides is 1. The number of rotatable bonds is 8. The molecule has 1 atom stereocenters. The van der Waals surface area contributed by atoms with Crippen LogP contribution in [0.2, 0.25) is 0 Å². The number of aldehydes is 1. The molecule has 1 fully saturated rings. The minimum atomic E-state index is -0.637. The Balaban J connectivity index is 1.40. The van der Waals surface area contributed by atoms with E-state index in [1.54, 1.807) is 42.3 Å². The highest BCUT2D eigenvalue weighted by Crippen LogP contribution is 2.20. The highest BCUT2D eigenvalue weighted by Gasteiger charge is 2.24. The summed E-state index contributed by atoms with van der Waals surface area (Å²) >= 11 is 0.